The van der Waals surface area contributed by atoms with Crippen molar-refractivity contribution in [1.29, 1.82) is 0 Å². The Balaban J connectivity index is 2.05. The van der Waals surface area contributed by atoms with Crippen LogP contribution in [0.4, 0.5) is 10.5 Å². The second kappa shape index (κ2) is 9.30. The second-order valence-electron chi connectivity index (χ2n) is 5.74. The number of methoxy groups -OCH3 is 3. The maximum atomic E-state index is 12.3. The van der Waals surface area contributed by atoms with Gasteiger partial charge in [0.2, 0.25) is 5.75 Å². The minimum Gasteiger partial charge on any atom is -0.493 e. The quantitative estimate of drug-likeness (QED) is 0.737. The Labute approximate surface area is 157 Å². The zero-order chi connectivity index (χ0) is 19.1. The fraction of sp³-hybridized carbons (Fsp3) is 0.389. The summed E-state index contributed by atoms with van der Waals surface area (Å²) < 4.78 is 15.9. The summed E-state index contributed by atoms with van der Waals surface area (Å²) in [5.41, 5.74) is 0.550. The monoisotopic (exact) mass is 379 g/mol. The normalized spacial score (nSPS) is 11.8. The number of thiophene rings is 1. The van der Waals surface area contributed by atoms with Gasteiger partial charge in [-0.05, 0) is 25.5 Å². The average molecular weight is 379 g/mol. The van der Waals surface area contributed by atoms with Crippen LogP contribution in [0, 0.1) is 0 Å². The molecule has 0 aliphatic rings. The molecule has 0 unspecified atom stereocenters. The number of rotatable bonds is 8. The highest BCUT2D eigenvalue weighted by atomic mass is 32.1. The number of nitrogens with zero attached hydrogens (tertiary/aromatic N) is 1. The maximum absolute atomic E-state index is 12.3. The number of hydrogen-bond acceptors (Lipinski definition) is 6. The van der Waals surface area contributed by atoms with E-state index >= 15 is 0 Å². The molecule has 0 aliphatic heterocycles. The number of hydrogen-bond donors (Lipinski definition) is 2. The van der Waals surface area contributed by atoms with Gasteiger partial charge in [-0.15, -0.1) is 11.3 Å². The minimum atomic E-state index is -0.303. The van der Waals surface area contributed by atoms with Gasteiger partial charge in [-0.2, -0.15) is 0 Å². The second-order valence-corrected chi connectivity index (χ2v) is 6.72. The summed E-state index contributed by atoms with van der Waals surface area (Å²) in [5.74, 6) is 1.44. The van der Waals surface area contributed by atoms with Crippen LogP contribution in [0.1, 0.15) is 10.9 Å². The van der Waals surface area contributed by atoms with E-state index in [9.17, 15) is 4.79 Å². The van der Waals surface area contributed by atoms with Gasteiger partial charge >= 0.3 is 6.03 Å². The van der Waals surface area contributed by atoms with Crippen LogP contribution in [-0.2, 0) is 0 Å². The van der Waals surface area contributed by atoms with Gasteiger partial charge in [0.25, 0.3) is 0 Å². The molecule has 2 N–H and O–H groups in total. The highest BCUT2D eigenvalue weighted by Crippen LogP contribution is 2.39. The van der Waals surface area contributed by atoms with E-state index < -0.39 is 0 Å². The Morgan fingerprint density at radius 3 is 2.27 bits per heavy atom. The van der Waals surface area contributed by atoms with E-state index in [2.05, 4.69) is 21.6 Å². The molecule has 142 valence electrons. The smallest absolute Gasteiger partial charge is 0.319 e. The Kier molecular flexibility index (Phi) is 7.11. The standard InChI is InChI=1S/C18H25N3O4S/c1-21(2)13(16-7-6-8-26-16)11-19-18(22)20-12-9-14(23-3)17(25-5)15(10-12)24-4/h6-10,13H,11H2,1-5H3,(H2,19,20,22)/t13-/m1/s1. The van der Waals surface area contributed by atoms with E-state index in [1.54, 1.807) is 23.5 Å². The predicted octanol–water partition coefficient (Wildman–Crippen LogP) is 3.20. The van der Waals surface area contributed by atoms with E-state index in [1.165, 1.54) is 26.2 Å². The number of nitrogens with one attached hydrogen (secondary N) is 2. The van der Waals surface area contributed by atoms with Gasteiger partial charge in [-0.3, -0.25) is 0 Å². The Hall–Kier alpha value is -2.45. The summed E-state index contributed by atoms with van der Waals surface area (Å²) in [6, 6.07) is 7.25. The maximum Gasteiger partial charge on any atom is 0.319 e. The number of carbonyl (C=O) groups excluding carboxylic acids is 1. The first-order valence-corrected chi connectivity index (χ1v) is 8.92. The number of carbonyl (C=O) groups is 1. The van der Waals surface area contributed by atoms with Gasteiger partial charge in [-0.25, -0.2) is 4.79 Å². The van der Waals surface area contributed by atoms with Crippen molar-refractivity contribution in [2.45, 2.75) is 6.04 Å². The largest absolute Gasteiger partial charge is 0.493 e. The number of urea groups is 1. The molecule has 2 amide bonds. The van der Waals surface area contributed by atoms with Crippen LogP contribution in [0.5, 0.6) is 17.2 Å². The Morgan fingerprint density at radius 2 is 1.81 bits per heavy atom. The molecule has 1 aromatic heterocycles. The molecule has 0 bridgehead atoms. The lowest BCUT2D eigenvalue weighted by Crippen LogP contribution is -2.36. The van der Waals surface area contributed by atoms with Gasteiger partial charge in [0.1, 0.15) is 0 Å². The molecule has 1 heterocycles. The van der Waals surface area contributed by atoms with Gasteiger partial charge in [0.15, 0.2) is 11.5 Å². The summed E-state index contributed by atoms with van der Waals surface area (Å²) in [6.45, 7) is 0.490. The molecule has 1 atom stereocenters. The molecular weight excluding hydrogens is 354 g/mol. The third-order valence-corrected chi connectivity index (χ3v) is 4.85. The van der Waals surface area contributed by atoms with Crippen molar-refractivity contribution >= 4 is 23.1 Å². The zero-order valence-electron chi connectivity index (χ0n) is 15.7. The predicted molar refractivity (Wildman–Crippen MR) is 104 cm³/mol. The van der Waals surface area contributed by atoms with Crippen molar-refractivity contribution < 1.29 is 19.0 Å². The molecule has 8 heteroatoms. The van der Waals surface area contributed by atoms with E-state index in [0.29, 0.717) is 29.5 Å². The molecule has 0 aliphatic carbocycles. The molecule has 1 aromatic carbocycles. The summed E-state index contributed by atoms with van der Waals surface area (Å²) in [4.78, 5) is 15.6. The van der Waals surface area contributed by atoms with Crippen LogP contribution >= 0.6 is 11.3 Å². The third-order valence-electron chi connectivity index (χ3n) is 3.87. The molecule has 7 nitrogen and oxygen atoms in total. The van der Waals surface area contributed by atoms with Gasteiger partial charge in [0, 0.05) is 23.6 Å². The lowest BCUT2D eigenvalue weighted by Gasteiger charge is -2.23. The van der Waals surface area contributed by atoms with E-state index in [-0.39, 0.29) is 12.1 Å². The third kappa shape index (κ3) is 4.80. The van der Waals surface area contributed by atoms with Crippen molar-refractivity contribution in [2.24, 2.45) is 0 Å². The van der Waals surface area contributed by atoms with Crippen LogP contribution in [0.15, 0.2) is 29.6 Å². The summed E-state index contributed by atoms with van der Waals surface area (Å²) >= 11 is 1.67. The fourth-order valence-corrected chi connectivity index (χ4v) is 3.46. The van der Waals surface area contributed by atoms with Crippen LogP contribution in [0.2, 0.25) is 0 Å². The van der Waals surface area contributed by atoms with E-state index in [1.807, 2.05) is 25.5 Å². The van der Waals surface area contributed by atoms with Crippen molar-refractivity contribution in [3.8, 4) is 17.2 Å². The summed E-state index contributed by atoms with van der Waals surface area (Å²) in [5, 5.41) is 7.74. The summed E-state index contributed by atoms with van der Waals surface area (Å²) in [6.07, 6.45) is 0. The number of benzene rings is 1. The molecule has 2 aromatic rings. The fourth-order valence-electron chi connectivity index (χ4n) is 2.54. The highest BCUT2D eigenvalue weighted by molar-refractivity contribution is 7.10. The highest BCUT2D eigenvalue weighted by Gasteiger charge is 2.17. The van der Waals surface area contributed by atoms with Crippen LogP contribution in [0.3, 0.4) is 0 Å². The first-order valence-electron chi connectivity index (χ1n) is 8.04. The molecular formula is C18H25N3O4S. The zero-order valence-corrected chi connectivity index (χ0v) is 16.5. The van der Waals surface area contributed by atoms with Gasteiger partial charge < -0.3 is 29.7 Å². The number of amides is 2. The molecule has 0 spiro atoms. The molecule has 2 rings (SSSR count). The molecule has 0 fully saturated rings. The topological polar surface area (TPSA) is 72.1 Å². The number of ether oxygens (including phenoxy) is 3. The van der Waals surface area contributed by atoms with Crippen molar-refractivity contribution in [3.63, 3.8) is 0 Å². The van der Waals surface area contributed by atoms with Crippen molar-refractivity contribution in [3.05, 3.63) is 34.5 Å². The lowest BCUT2D eigenvalue weighted by atomic mass is 10.2. The van der Waals surface area contributed by atoms with Gasteiger partial charge in [-0.1, -0.05) is 6.07 Å². The average Bonchev–Trinajstić information content (AvgIpc) is 3.14. The van der Waals surface area contributed by atoms with Crippen LogP contribution < -0.4 is 24.8 Å². The van der Waals surface area contributed by atoms with Crippen LogP contribution in [-0.4, -0.2) is 52.9 Å². The lowest BCUT2D eigenvalue weighted by molar-refractivity contribution is 0.244. The van der Waals surface area contributed by atoms with Crippen LogP contribution in [0.25, 0.3) is 0 Å². The van der Waals surface area contributed by atoms with Gasteiger partial charge in [0.05, 0.1) is 33.1 Å². The minimum absolute atomic E-state index is 0.112. The number of likely N-dealkylation sites (N-methyl/N-ethyl adjacent to an activating group) is 1. The van der Waals surface area contributed by atoms with Crippen molar-refractivity contribution in [1.82, 2.24) is 10.2 Å². The van der Waals surface area contributed by atoms with E-state index in [0.717, 1.165) is 0 Å². The SMILES string of the molecule is COc1cc(NC(=O)NC[C@H](c2cccs2)N(C)C)cc(OC)c1OC. The first kappa shape index (κ1) is 19.9. The molecule has 0 saturated heterocycles. The summed E-state index contributed by atoms with van der Waals surface area (Å²) in [7, 11) is 8.58. The van der Waals surface area contributed by atoms with Crippen molar-refractivity contribution in [2.75, 3.05) is 47.3 Å². The Bertz CT molecular complexity index is 694. The molecule has 0 radical (unpaired) electrons. The first-order chi connectivity index (χ1) is 12.5. The molecule has 26 heavy (non-hydrogen) atoms. The number of anilines is 1. The van der Waals surface area contributed by atoms with E-state index in [4.69, 9.17) is 14.2 Å². The molecule has 0 saturated carbocycles. The Morgan fingerprint density at radius 1 is 1.15 bits per heavy atom.